The van der Waals surface area contributed by atoms with Crippen LogP contribution in [-0.2, 0) is 9.59 Å². The Morgan fingerprint density at radius 1 is 1.46 bits per heavy atom. The number of carboxylic acids is 1. The number of rotatable bonds is 4. The van der Waals surface area contributed by atoms with Crippen LogP contribution in [0.5, 0.6) is 0 Å². The average Bonchev–Trinajstić information content (AvgIpc) is 2.02. The molecule has 0 rings (SSSR count). The number of nitrogens with zero attached hydrogens (tertiary/aromatic N) is 1. The number of carboxylic acid groups (broad SMARTS) is 1. The van der Waals surface area contributed by atoms with E-state index in [4.69, 9.17) is 5.11 Å². The Morgan fingerprint density at radius 3 is 2.23 bits per heavy atom. The van der Waals surface area contributed by atoms with Gasteiger partial charge in [0.05, 0.1) is 5.92 Å². The SMILES string of the molecule is CC(CN(C)C(=O)C(F)F)C(=O)O. The zero-order valence-corrected chi connectivity index (χ0v) is 7.33. The lowest BCUT2D eigenvalue weighted by Gasteiger charge is -2.18. The van der Waals surface area contributed by atoms with E-state index in [0.717, 1.165) is 7.05 Å². The maximum atomic E-state index is 11.8. The summed E-state index contributed by atoms with van der Waals surface area (Å²) in [5.74, 6) is -3.31. The fraction of sp³-hybridized carbons (Fsp3) is 0.714. The van der Waals surface area contributed by atoms with Crippen LogP contribution in [-0.4, -0.2) is 41.9 Å². The summed E-state index contributed by atoms with van der Waals surface area (Å²) in [5, 5.41) is 8.43. The Hall–Kier alpha value is -1.20. The third kappa shape index (κ3) is 3.82. The minimum absolute atomic E-state index is 0.210. The molecule has 0 aromatic rings. The van der Waals surface area contributed by atoms with Gasteiger partial charge in [-0.2, -0.15) is 8.78 Å². The first-order valence-corrected chi connectivity index (χ1v) is 3.62. The van der Waals surface area contributed by atoms with Crippen molar-refractivity contribution in [3.63, 3.8) is 0 Å². The van der Waals surface area contributed by atoms with Crippen molar-refractivity contribution >= 4 is 11.9 Å². The molecule has 76 valence electrons. The van der Waals surface area contributed by atoms with Crippen molar-refractivity contribution in [1.82, 2.24) is 4.90 Å². The molecule has 0 aliphatic rings. The third-order valence-electron chi connectivity index (χ3n) is 1.53. The molecule has 0 aliphatic heterocycles. The smallest absolute Gasteiger partial charge is 0.315 e. The first-order chi connectivity index (χ1) is 5.86. The number of hydrogen-bond donors (Lipinski definition) is 1. The monoisotopic (exact) mass is 195 g/mol. The van der Waals surface area contributed by atoms with E-state index < -0.39 is 24.2 Å². The molecule has 0 aromatic heterocycles. The van der Waals surface area contributed by atoms with Crippen LogP contribution in [0.1, 0.15) is 6.92 Å². The molecule has 6 heteroatoms. The van der Waals surface area contributed by atoms with Gasteiger partial charge in [-0.15, -0.1) is 0 Å². The Bertz CT molecular complexity index is 208. The number of amides is 1. The minimum Gasteiger partial charge on any atom is -0.481 e. The van der Waals surface area contributed by atoms with E-state index in [2.05, 4.69) is 0 Å². The molecular formula is C7H11F2NO3. The molecule has 1 atom stereocenters. The first kappa shape index (κ1) is 11.8. The second kappa shape index (κ2) is 4.74. The lowest BCUT2D eigenvalue weighted by atomic mass is 10.2. The highest BCUT2D eigenvalue weighted by atomic mass is 19.3. The van der Waals surface area contributed by atoms with E-state index in [1.54, 1.807) is 0 Å². The Kier molecular flexibility index (Phi) is 4.30. The molecule has 1 unspecified atom stereocenters. The minimum atomic E-state index is -3.08. The van der Waals surface area contributed by atoms with Gasteiger partial charge in [-0.3, -0.25) is 9.59 Å². The topological polar surface area (TPSA) is 57.6 Å². The zero-order valence-electron chi connectivity index (χ0n) is 7.33. The van der Waals surface area contributed by atoms with Gasteiger partial charge in [0, 0.05) is 13.6 Å². The van der Waals surface area contributed by atoms with Crippen LogP contribution in [0.15, 0.2) is 0 Å². The molecule has 0 heterocycles. The van der Waals surface area contributed by atoms with E-state index in [-0.39, 0.29) is 6.54 Å². The number of carbonyl (C=O) groups excluding carboxylic acids is 1. The van der Waals surface area contributed by atoms with Crippen molar-refractivity contribution in [3.05, 3.63) is 0 Å². The average molecular weight is 195 g/mol. The van der Waals surface area contributed by atoms with Gasteiger partial charge in [0.15, 0.2) is 0 Å². The van der Waals surface area contributed by atoms with E-state index in [1.807, 2.05) is 0 Å². The summed E-state index contributed by atoms with van der Waals surface area (Å²) in [6.07, 6.45) is -3.08. The van der Waals surface area contributed by atoms with Crippen LogP contribution in [0.3, 0.4) is 0 Å². The predicted octanol–water partition coefficient (Wildman–Crippen LogP) is 0.431. The van der Waals surface area contributed by atoms with Crippen molar-refractivity contribution < 1.29 is 23.5 Å². The van der Waals surface area contributed by atoms with Crippen molar-refractivity contribution in [2.75, 3.05) is 13.6 Å². The van der Waals surface area contributed by atoms with Crippen LogP contribution in [0, 0.1) is 5.92 Å². The fourth-order valence-electron chi connectivity index (χ4n) is 0.745. The van der Waals surface area contributed by atoms with Crippen LogP contribution in [0.4, 0.5) is 8.78 Å². The summed E-state index contributed by atoms with van der Waals surface area (Å²) >= 11 is 0. The van der Waals surface area contributed by atoms with Crippen LogP contribution in [0.25, 0.3) is 0 Å². The summed E-state index contributed by atoms with van der Waals surface area (Å²) in [7, 11) is 1.15. The second-order valence-corrected chi connectivity index (χ2v) is 2.76. The molecule has 4 nitrogen and oxygen atoms in total. The molecule has 0 bridgehead atoms. The van der Waals surface area contributed by atoms with Crippen molar-refractivity contribution in [1.29, 1.82) is 0 Å². The van der Waals surface area contributed by atoms with Crippen molar-refractivity contribution in [3.8, 4) is 0 Å². The maximum absolute atomic E-state index is 11.8. The van der Waals surface area contributed by atoms with Crippen LogP contribution in [0.2, 0.25) is 0 Å². The standard InChI is InChI=1S/C7H11F2NO3/c1-4(7(12)13)3-10(2)6(11)5(8)9/h4-5H,3H2,1-2H3,(H,12,13). The van der Waals surface area contributed by atoms with E-state index in [9.17, 15) is 18.4 Å². The number of alkyl halides is 2. The normalized spacial score (nSPS) is 12.7. The van der Waals surface area contributed by atoms with Crippen molar-refractivity contribution in [2.24, 2.45) is 5.92 Å². The molecular weight excluding hydrogens is 184 g/mol. The number of aliphatic carboxylic acids is 1. The van der Waals surface area contributed by atoms with Gasteiger partial charge in [-0.05, 0) is 0 Å². The van der Waals surface area contributed by atoms with Crippen molar-refractivity contribution in [2.45, 2.75) is 13.3 Å². The van der Waals surface area contributed by atoms with Crippen LogP contribution >= 0.6 is 0 Å². The summed E-state index contributed by atoms with van der Waals surface area (Å²) in [4.78, 5) is 21.6. The van der Waals surface area contributed by atoms with Gasteiger partial charge in [0.1, 0.15) is 0 Å². The summed E-state index contributed by atoms with van der Waals surface area (Å²) < 4.78 is 23.6. The van der Waals surface area contributed by atoms with Gasteiger partial charge in [-0.1, -0.05) is 6.92 Å². The molecule has 0 spiro atoms. The van der Waals surface area contributed by atoms with Gasteiger partial charge in [0.2, 0.25) is 0 Å². The molecule has 0 radical (unpaired) electrons. The molecule has 0 saturated carbocycles. The molecule has 1 amide bonds. The third-order valence-corrected chi connectivity index (χ3v) is 1.53. The Morgan fingerprint density at radius 2 is 1.92 bits per heavy atom. The van der Waals surface area contributed by atoms with Gasteiger partial charge >= 0.3 is 12.4 Å². The molecule has 0 aliphatic carbocycles. The molecule has 0 saturated heterocycles. The summed E-state index contributed by atoms with van der Waals surface area (Å²) in [6, 6.07) is 0. The summed E-state index contributed by atoms with van der Waals surface area (Å²) in [6.45, 7) is 1.14. The maximum Gasteiger partial charge on any atom is 0.315 e. The predicted molar refractivity (Wildman–Crippen MR) is 40.4 cm³/mol. The largest absolute Gasteiger partial charge is 0.481 e. The highest BCUT2D eigenvalue weighted by Gasteiger charge is 2.23. The van der Waals surface area contributed by atoms with Gasteiger partial charge < -0.3 is 10.0 Å². The quantitative estimate of drug-likeness (QED) is 0.707. The lowest BCUT2D eigenvalue weighted by Crippen LogP contribution is -2.37. The molecule has 13 heavy (non-hydrogen) atoms. The lowest BCUT2D eigenvalue weighted by molar-refractivity contribution is -0.146. The van der Waals surface area contributed by atoms with E-state index in [1.165, 1.54) is 6.92 Å². The fourth-order valence-corrected chi connectivity index (χ4v) is 0.745. The van der Waals surface area contributed by atoms with Gasteiger partial charge in [0.25, 0.3) is 5.91 Å². The Labute approximate surface area is 74.1 Å². The highest BCUT2D eigenvalue weighted by Crippen LogP contribution is 2.03. The molecule has 0 fully saturated rings. The number of hydrogen-bond acceptors (Lipinski definition) is 2. The second-order valence-electron chi connectivity index (χ2n) is 2.76. The molecule has 0 aromatic carbocycles. The highest BCUT2D eigenvalue weighted by molar-refractivity contribution is 5.79. The first-order valence-electron chi connectivity index (χ1n) is 3.62. The zero-order chi connectivity index (χ0) is 10.6. The number of carbonyl (C=O) groups is 2. The van der Waals surface area contributed by atoms with E-state index in [0.29, 0.717) is 4.90 Å². The van der Waals surface area contributed by atoms with Gasteiger partial charge in [-0.25, -0.2) is 0 Å². The molecule has 1 N–H and O–H groups in total. The van der Waals surface area contributed by atoms with E-state index >= 15 is 0 Å². The number of halogens is 2. The Balaban J connectivity index is 4.07. The summed E-state index contributed by atoms with van der Waals surface area (Å²) in [5.41, 5.74) is 0. The van der Waals surface area contributed by atoms with Crippen LogP contribution < -0.4 is 0 Å².